The summed E-state index contributed by atoms with van der Waals surface area (Å²) in [5.74, 6) is 0.849. The van der Waals surface area contributed by atoms with Crippen molar-refractivity contribution in [3.05, 3.63) is 23.9 Å². The van der Waals surface area contributed by atoms with Crippen molar-refractivity contribution in [1.29, 1.82) is 0 Å². The Kier molecular flexibility index (Phi) is 1.20. The minimum Gasteiger partial charge on any atom is -0.504 e. The van der Waals surface area contributed by atoms with E-state index in [1.54, 1.807) is 12.3 Å². The molecule has 3 rings (SSSR count). The van der Waals surface area contributed by atoms with Crippen LogP contribution in [0.25, 0.3) is 11.0 Å². The van der Waals surface area contributed by atoms with Crippen molar-refractivity contribution in [2.24, 2.45) is 0 Å². The molecule has 1 heterocycles. The van der Waals surface area contributed by atoms with Gasteiger partial charge in [-0.2, -0.15) is 0 Å². The average molecular weight is 175 g/mol. The monoisotopic (exact) mass is 175 g/mol. The Hall–Kier alpha value is -1.51. The summed E-state index contributed by atoms with van der Waals surface area (Å²) in [5.41, 5.74) is 1.69. The predicted octanol–water partition coefficient (Wildman–Crippen LogP) is 2.41. The number of aromatic nitrogens is 1. The van der Waals surface area contributed by atoms with Crippen LogP contribution in [0.4, 0.5) is 0 Å². The van der Waals surface area contributed by atoms with Crippen LogP contribution >= 0.6 is 0 Å². The summed E-state index contributed by atoms with van der Waals surface area (Å²) in [4.78, 5) is 0. The van der Waals surface area contributed by atoms with Crippen molar-refractivity contribution >= 4 is 11.0 Å². The lowest BCUT2D eigenvalue weighted by atomic mass is 10.1. The Labute approximate surface area is 75.0 Å². The second kappa shape index (κ2) is 2.25. The van der Waals surface area contributed by atoms with Crippen LogP contribution in [-0.2, 0) is 0 Å². The van der Waals surface area contributed by atoms with Crippen LogP contribution in [0.1, 0.15) is 24.3 Å². The highest BCUT2D eigenvalue weighted by atomic mass is 16.5. The molecule has 3 heteroatoms. The van der Waals surface area contributed by atoms with E-state index in [9.17, 15) is 5.11 Å². The quantitative estimate of drug-likeness (QED) is 0.723. The number of benzene rings is 1. The molecule has 0 amide bonds. The van der Waals surface area contributed by atoms with E-state index in [-0.39, 0.29) is 5.75 Å². The molecule has 0 atom stereocenters. The average Bonchev–Trinajstić information content (AvgIpc) is 2.85. The molecule has 3 nitrogen and oxygen atoms in total. The Morgan fingerprint density at radius 3 is 3.00 bits per heavy atom. The van der Waals surface area contributed by atoms with Gasteiger partial charge in [0.15, 0.2) is 5.75 Å². The van der Waals surface area contributed by atoms with Crippen LogP contribution in [0.15, 0.2) is 22.9 Å². The zero-order chi connectivity index (χ0) is 8.84. The molecule has 0 unspecified atom stereocenters. The van der Waals surface area contributed by atoms with Gasteiger partial charge in [0.2, 0.25) is 5.58 Å². The lowest BCUT2D eigenvalue weighted by molar-refractivity contribution is 0.422. The molecule has 1 aromatic heterocycles. The number of phenolic OH excluding ortho intramolecular Hbond substituents is 1. The van der Waals surface area contributed by atoms with Gasteiger partial charge in [-0.25, -0.2) is 0 Å². The SMILES string of the molecule is Oc1cc(C2CC2)cc2cnoc12. The molecular formula is C10H9NO2. The van der Waals surface area contributed by atoms with Gasteiger partial charge in [0.05, 0.1) is 6.20 Å². The first-order chi connectivity index (χ1) is 6.34. The van der Waals surface area contributed by atoms with Crippen molar-refractivity contribution in [3.8, 4) is 5.75 Å². The topological polar surface area (TPSA) is 46.3 Å². The van der Waals surface area contributed by atoms with Gasteiger partial charge in [-0.15, -0.1) is 0 Å². The first-order valence-corrected chi connectivity index (χ1v) is 4.42. The molecule has 13 heavy (non-hydrogen) atoms. The molecule has 0 spiro atoms. The Morgan fingerprint density at radius 1 is 1.38 bits per heavy atom. The number of nitrogens with zero attached hydrogens (tertiary/aromatic N) is 1. The molecule has 1 N–H and O–H groups in total. The fourth-order valence-electron chi connectivity index (χ4n) is 1.64. The normalized spacial score (nSPS) is 16.6. The van der Waals surface area contributed by atoms with Crippen molar-refractivity contribution in [3.63, 3.8) is 0 Å². The summed E-state index contributed by atoms with van der Waals surface area (Å²) in [6.07, 6.45) is 4.10. The van der Waals surface area contributed by atoms with Gasteiger partial charge in [0.1, 0.15) is 0 Å². The summed E-state index contributed by atoms with van der Waals surface area (Å²) in [5, 5.41) is 14.1. The van der Waals surface area contributed by atoms with Crippen LogP contribution in [-0.4, -0.2) is 10.3 Å². The van der Waals surface area contributed by atoms with Gasteiger partial charge in [0.25, 0.3) is 0 Å². The maximum absolute atomic E-state index is 9.58. The first kappa shape index (κ1) is 6.95. The van der Waals surface area contributed by atoms with Crippen LogP contribution in [0.3, 0.4) is 0 Å². The highest BCUT2D eigenvalue weighted by molar-refractivity contribution is 5.82. The van der Waals surface area contributed by atoms with E-state index in [2.05, 4.69) is 5.16 Å². The van der Waals surface area contributed by atoms with E-state index in [1.165, 1.54) is 18.4 Å². The van der Waals surface area contributed by atoms with Gasteiger partial charge in [-0.05, 0) is 36.5 Å². The molecule has 1 aromatic carbocycles. The molecular weight excluding hydrogens is 166 g/mol. The lowest BCUT2D eigenvalue weighted by Crippen LogP contribution is -1.78. The van der Waals surface area contributed by atoms with Gasteiger partial charge in [-0.3, -0.25) is 0 Å². The van der Waals surface area contributed by atoms with E-state index in [0.717, 1.165) is 5.39 Å². The Morgan fingerprint density at radius 2 is 2.23 bits per heavy atom. The van der Waals surface area contributed by atoms with Crippen molar-refractivity contribution < 1.29 is 9.63 Å². The van der Waals surface area contributed by atoms with Crippen molar-refractivity contribution in [2.75, 3.05) is 0 Å². The van der Waals surface area contributed by atoms with Gasteiger partial charge in [-0.1, -0.05) is 5.16 Å². The van der Waals surface area contributed by atoms with Crippen molar-refractivity contribution in [1.82, 2.24) is 5.16 Å². The zero-order valence-corrected chi connectivity index (χ0v) is 7.03. The fourth-order valence-corrected chi connectivity index (χ4v) is 1.64. The number of phenols is 1. The number of hydrogen-bond donors (Lipinski definition) is 1. The number of fused-ring (bicyclic) bond motifs is 1. The van der Waals surface area contributed by atoms with Crippen LogP contribution < -0.4 is 0 Å². The minimum absolute atomic E-state index is 0.205. The second-order valence-electron chi connectivity index (χ2n) is 3.56. The molecule has 1 fully saturated rings. The number of hydrogen-bond acceptors (Lipinski definition) is 3. The molecule has 0 saturated heterocycles. The summed E-state index contributed by atoms with van der Waals surface area (Å²) in [7, 11) is 0. The van der Waals surface area contributed by atoms with Gasteiger partial charge in [0, 0.05) is 5.39 Å². The van der Waals surface area contributed by atoms with Crippen molar-refractivity contribution in [2.45, 2.75) is 18.8 Å². The van der Waals surface area contributed by atoms with Gasteiger partial charge < -0.3 is 9.63 Å². The van der Waals surface area contributed by atoms with E-state index in [0.29, 0.717) is 11.5 Å². The van der Waals surface area contributed by atoms with E-state index < -0.39 is 0 Å². The summed E-state index contributed by atoms with van der Waals surface area (Å²) >= 11 is 0. The third-order valence-corrected chi connectivity index (χ3v) is 2.50. The molecule has 1 aliphatic rings. The first-order valence-electron chi connectivity index (χ1n) is 4.42. The van der Waals surface area contributed by atoms with E-state index in [1.807, 2.05) is 6.07 Å². The van der Waals surface area contributed by atoms with E-state index in [4.69, 9.17) is 4.52 Å². The largest absolute Gasteiger partial charge is 0.504 e. The smallest absolute Gasteiger partial charge is 0.208 e. The predicted molar refractivity (Wildman–Crippen MR) is 47.6 cm³/mol. The Balaban J connectivity index is 2.27. The second-order valence-corrected chi connectivity index (χ2v) is 3.56. The van der Waals surface area contributed by atoms with Crippen LogP contribution in [0, 0.1) is 0 Å². The molecule has 1 saturated carbocycles. The highest BCUT2D eigenvalue weighted by Gasteiger charge is 2.24. The maximum atomic E-state index is 9.58. The summed E-state index contributed by atoms with van der Waals surface area (Å²) < 4.78 is 4.90. The number of aromatic hydroxyl groups is 1. The van der Waals surface area contributed by atoms with Crippen LogP contribution in [0.2, 0.25) is 0 Å². The molecule has 0 aliphatic heterocycles. The molecule has 66 valence electrons. The third-order valence-electron chi connectivity index (χ3n) is 2.50. The molecule has 0 radical (unpaired) electrons. The highest BCUT2D eigenvalue weighted by Crippen LogP contribution is 2.42. The standard InChI is InChI=1S/C10H9NO2/c12-9-4-7(6-1-2-6)3-8-5-11-13-10(8)9/h3-6,12H,1-2H2. The lowest BCUT2D eigenvalue weighted by Gasteiger charge is -1.98. The number of rotatable bonds is 1. The Bertz CT molecular complexity index is 457. The van der Waals surface area contributed by atoms with E-state index >= 15 is 0 Å². The fraction of sp³-hybridized carbons (Fsp3) is 0.300. The molecule has 2 aromatic rings. The minimum atomic E-state index is 0.205. The zero-order valence-electron chi connectivity index (χ0n) is 7.03. The van der Waals surface area contributed by atoms with Crippen LogP contribution in [0.5, 0.6) is 5.75 Å². The summed E-state index contributed by atoms with van der Waals surface area (Å²) in [6, 6.07) is 3.83. The molecule has 0 bridgehead atoms. The van der Waals surface area contributed by atoms with Gasteiger partial charge >= 0.3 is 0 Å². The third kappa shape index (κ3) is 1.00. The molecule has 1 aliphatic carbocycles. The summed E-state index contributed by atoms with van der Waals surface area (Å²) in [6.45, 7) is 0. The maximum Gasteiger partial charge on any atom is 0.208 e.